The lowest BCUT2D eigenvalue weighted by Crippen LogP contribution is -2.42. The summed E-state index contributed by atoms with van der Waals surface area (Å²) in [7, 11) is 2.77. The minimum absolute atomic E-state index is 0.186. The molecule has 0 amide bonds. The molecule has 0 aromatic rings. The number of hydrogen-bond acceptors (Lipinski definition) is 2. The van der Waals surface area contributed by atoms with Crippen molar-refractivity contribution in [1.82, 2.24) is 4.90 Å². The lowest BCUT2D eigenvalue weighted by molar-refractivity contribution is -0.165. The van der Waals surface area contributed by atoms with Gasteiger partial charge in [0.05, 0.1) is 12.5 Å². The number of ether oxygens (including phenoxy) is 1. The summed E-state index contributed by atoms with van der Waals surface area (Å²) in [6.07, 6.45) is 0.463. The third-order valence-corrected chi connectivity index (χ3v) is 2.02. The molecule has 0 aromatic carbocycles. The summed E-state index contributed by atoms with van der Waals surface area (Å²) in [5.74, 6) is -0.627. The van der Waals surface area contributed by atoms with Crippen LogP contribution in [0.3, 0.4) is 0 Å². The van der Waals surface area contributed by atoms with Crippen molar-refractivity contribution >= 4 is 0 Å². The molecule has 1 atom stereocenters. The zero-order chi connectivity index (χ0) is 8.48. The van der Waals surface area contributed by atoms with Crippen LogP contribution in [-0.4, -0.2) is 38.3 Å². The average molecular weight is 165 g/mol. The normalized spacial score (nSPS) is 26.5. The van der Waals surface area contributed by atoms with Gasteiger partial charge in [0.1, 0.15) is 0 Å². The summed E-state index contributed by atoms with van der Waals surface area (Å²) < 4.78 is 31.1. The number of hydrogen-bond donors (Lipinski definition) is 0. The quantitative estimate of drug-likeness (QED) is 0.570. The van der Waals surface area contributed by atoms with Crippen molar-refractivity contribution < 1.29 is 13.5 Å². The SMILES string of the molecule is CN(C)C(F)(F)C1CCOC1. The van der Waals surface area contributed by atoms with Gasteiger partial charge in [-0.1, -0.05) is 0 Å². The van der Waals surface area contributed by atoms with Gasteiger partial charge >= 0.3 is 6.05 Å². The van der Waals surface area contributed by atoms with Gasteiger partial charge in [-0.2, -0.15) is 8.78 Å². The highest BCUT2D eigenvalue weighted by Gasteiger charge is 2.43. The van der Waals surface area contributed by atoms with Gasteiger partial charge in [0.25, 0.3) is 0 Å². The van der Waals surface area contributed by atoms with Gasteiger partial charge in [0.15, 0.2) is 0 Å². The smallest absolute Gasteiger partial charge is 0.309 e. The molecule has 1 saturated heterocycles. The Morgan fingerprint density at radius 1 is 1.45 bits per heavy atom. The topological polar surface area (TPSA) is 12.5 Å². The Kier molecular flexibility index (Phi) is 2.44. The monoisotopic (exact) mass is 165 g/mol. The van der Waals surface area contributed by atoms with E-state index in [9.17, 15) is 8.78 Å². The van der Waals surface area contributed by atoms with E-state index in [1.807, 2.05) is 0 Å². The van der Waals surface area contributed by atoms with Gasteiger partial charge in [0, 0.05) is 6.61 Å². The maximum atomic E-state index is 13.1. The first-order chi connectivity index (χ1) is 5.05. The first-order valence-electron chi connectivity index (χ1n) is 3.68. The van der Waals surface area contributed by atoms with Crippen LogP contribution in [0, 0.1) is 5.92 Å². The second-order valence-electron chi connectivity index (χ2n) is 3.04. The Labute approximate surface area is 65.1 Å². The van der Waals surface area contributed by atoms with E-state index in [-0.39, 0.29) is 6.61 Å². The molecule has 0 spiro atoms. The third kappa shape index (κ3) is 1.68. The molecule has 1 heterocycles. The maximum absolute atomic E-state index is 13.1. The Morgan fingerprint density at radius 2 is 2.09 bits per heavy atom. The lowest BCUT2D eigenvalue weighted by atomic mass is 10.1. The van der Waals surface area contributed by atoms with E-state index in [0.29, 0.717) is 13.0 Å². The van der Waals surface area contributed by atoms with Gasteiger partial charge in [-0.3, -0.25) is 4.90 Å². The van der Waals surface area contributed by atoms with Crippen molar-refractivity contribution in [2.75, 3.05) is 27.3 Å². The summed E-state index contributed by atoms with van der Waals surface area (Å²) in [4.78, 5) is 0.951. The van der Waals surface area contributed by atoms with Crippen LogP contribution < -0.4 is 0 Å². The molecule has 2 nitrogen and oxygen atoms in total. The molecule has 0 aliphatic carbocycles. The molecule has 4 heteroatoms. The predicted octanol–water partition coefficient (Wildman–Crippen LogP) is 1.18. The molecule has 0 bridgehead atoms. The number of nitrogens with zero attached hydrogens (tertiary/aromatic N) is 1. The minimum atomic E-state index is -2.71. The van der Waals surface area contributed by atoms with Crippen LogP contribution in [0.2, 0.25) is 0 Å². The van der Waals surface area contributed by atoms with E-state index in [4.69, 9.17) is 4.74 Å². The molecule has 0 radical (unpaired) electrons. The number of rotatable bonds is 2. The van der Waals surface area contributed by atoms with Crippen LogP contribution in [0.15, 0.2) is 0 Å². The highest BCUT2D eigenvalue weighted by atomic mass is 19.3. The van der Waals surface area contributed by atoms with Crippen LogP contribution in [0.1, 0.15) is 6.42 Å². The van der Waals surface area contributed by atoms with Crippen molar-refractivity contribution in [3.05, 3.63) is 0 Å². The van der Waals surface area contributed by atoms with Crippen LogP contribution in [0.5, 0.6) is 0 Å². The van der Waals surface area contributed by atoms with Crippen molar-refractivity contribution in [2.45, 2.75) is 12.5 Å². The molecule has 1 rings (SSSR count). The standard InChI is InChI=1S/C7H13F2NO/c1-10(2)7(8,9)6-3-4-11-5-6/h6H,3-5H2,1-2H3. The zero-order valence-electron chi connectivity index (χ0n) is 6.81. The number of alkyl halides is 2. The Bertz CT molecular complexity index is 132. The molecule has 1 unspecified atom stereocenters. The molecule has 1 aliphatic rings. The highest BCUT2D eigenvalue weighted by Crippen LogP contribution is 2.32. The summed E-state index contributed by atoms with van der Waals surface area (Å²) in [5, 5.41) is 0. The second kappa shape index (κ2) is 3.03. The van der Waals surface area contributed by atoms with Gasteiger partial charge in [-0.15, -0.1) is 0 Å². The van der Waals surface area contributed by atoms with Crippen molar-refractivity contribution in [3.63, 3.8) is 0 Å². The van der Waals surface area contributed by atoms with E-state index in [0.717, 1.165) is 4.90 Å². The van der Waals surface area contributed by atoms with Gasteiger partial charge in [0.2, 0.25) is 0 Å². The van der Waals surface area contributed by atoms with Crippen LogP contribution in [0.25, 0.3) is 0 Å². The molecule has 1 fully saturated rings. The summed E-state index contributed by atoms with van der Waals surface area (Å²) in [5.41, 5.74) is 0. The molecule has 0 N–H and O–H groups in total. The fourth-order valence-electron chi connectivity index (χ4n) is 1.17. The van der Waals surface area contributed by atoms with E-state index in [2.05, 4.69) is 0 Å². The fraction of sp³-hybridized carbons (Fsp3) is 1.00. The Hall–Kier alpha value is -0.220. The molecule has 66 valence electrons. The van der Waals surface area contributed by atoms with Crippen molar-refractivity contribution in [1.29, 1.82) is 0 Å². The van der Waals surface area contributed by atoms with Gasteiger partial charge in [-0.05, 0) is 20.5 Å². The molecule has 1 aliphatic heterocycles. The molecule has 0 saturated carbocycles. The first-order valence-corrected chi connectivity index (χ1v) is 3.68. The highest BCUT2D eigenvalue weighted by molar-refractivity contribution is 4.77. The fourth-order valence-corrected chi connectivity index (χ4v) is 1.17. The predicted molar refractivity (Wildman–Crippen MR) is 37.6 cm³/mol. The van der Waals surface area contributed by atoms with Gasteiger partial charge < -0.3 is 4.74 Å². The zero-order valence-corrected chi connectivity index (χ0v) is 6.81. The second-order valence-corrected chi connectivity index (χ2v) is 3.04. The summed E-state index contributed by atoms with van der Waals surface area (Å²) in [6, 6.07) is -2.71. The first kappa shape index (κ1) is 8.87. The Morgan fingerprint density at radius 3 is 2.45 bits per heavy atom. The Balaban J connectivity index is 2.55. The average Bonchev–Trinajstić information content (AvgIpc) is 2.37. The maximum Gasteiger partial charge on any atom is 0.309 e. The summed E-state index contributed by atoms with van der Waals surface area (Å²) >= 11 is 0. The van der Waals surface area contributed by atoms with E-state index < -0.39 is 12.0 Å². The molecular formula is C7H13F2NO. The van der Waals surface area contributed by atoms with E-state index in [1.165, 1.54) is 14.1 Å². The van der Waals surface area contributed by atoms with Crippen LogP contribution in [0.4, 0.5) is 8.78 Å². The number of halogens is 2. The van der Waals surface area contributed by atoms with Crippen molar-refractivity contribution in [2.24, 2.45) is 5.92 Å². The molecular weight excluding hydrogens is 152 g/mol. The van der Waals surface area contributed by atoms with Crippen LogP contribution in [-0.2, 0) is 4.74 Å². The van der Waals surface area contributed by atoms with E-state index >= 15 is 0 Å². The minimum Gasteiger partial charge on any atom is -0.381 e. The lowest BCUT2D eigenvalue weighted by Gasteiger charge is -2.28. The van der Waals surface area contributed by atoms with Gasteiger partial charge in [-0.25, -0.2) is 0 Å². The van der Waals surface area contributed by atoms with Crippen molar-refractivity contribution in [3.8, 4) is 0 Å². The van der Waals surface area contributed by atoms with E-state index in [1.54, 1.807) is 0 Å². The molecule has 11 heavy (non-hydrogen) atoms. The molecule has 0 aromatic heterocycles. The third-order valence-electron chi connectivity index (χ3n) is 2.02. The summed E-state index contributed by atoms with van der Waals surface area (Å²) in [6.45, 7) is 0.652. The van der Waals surface area contributed by atoms with Crippen LogP contribution >= 0.6 is 0 Å². The largest absolute Gasteiger partial charge is 0.381 e.